The molecule has 2 aromatic carbocycles. The summed E-state index contributed by atoms with van der Waals surface area (Å²) in [6.07, 6.45) is 0.0444. The highest BCUT2D eigenvalue weighted by atomic mass is 35.5. The van der Waals surface area contributed by atoms with Crippen molar-refractivity contribution in [2.24, 2.45) is 4.99 Å². The lowest BCUT2D eigenvalue weighted by Gasteiger charge is -2.31. The van der Waals surface area contributed by atoms with Gasteiger partial charge in [0, 0.05) is 22.0 Å². The summed E-state index contributed by atoms with van der Waals surface area (Å²) < 4.78 is 13.1. The average molecular weight is 474 g/mol. The van der Waals surface area contributed by atoms with Crippen molar-refractivity contribution in [3.05, 3.63) is 81.8 Å². The number of carbonyl (C=O) groups is 2. The van der Waals surface area contributed by atoms with Crippen molar-refractivity contribution in [3.63, 3.8) is 0 Å². The van der Waals surface area contributed by atoms with E-state index >= 15 is 0 Å². The van der Waals surface area contributed by atoms with Crippen LogP contribution < -0.4 is 5.32 Å². The molecule has 1 aromatic heterocycles. The van der Waals surface area contributed by atoms with Crippen LogP contribution in [0.5, 0.6) is 0 Å². The van der Waals surface area contributed by atoms with Crippen molar-refractivity contribution in [2.45, 2.75) is 18.2 Å². The highest BCUT2D eigenvalue weighted by molar-refractivity contribution is 8.15. The third-order valence-electron chi connectivity index (χ3n) is 4.49. The summed E-state index contributed by atoms with van der Waals surface area (Å²) in [6.45, 7) is 0.391. The van der Waals surface area contributed by atoms with E-state index in [9.17, 15) is 14.0 Å². The molecule has 2 heterocycles. The smallest absolute Gasteiger partial charge is 0.238 e. The molecule has 158 valence electrons. The van der Waals surface area contributed by atoms with E-state index in [-0.39, 0.29) is 24.1 Å². The van der Waals surface area contributed by atoms with Crippen molar-refractivity contribution in [1.82, 2.24) is 4.90 Å². The van der Waals surface area contributed by atoms with Gasteiger partial charge in [-0.2, -0.15) is 0 Å². The summed E-state index contributed by atoms with van der Waals surface area (Å²) in [4.78, 5) is 33.0. The molecule has 1 atom stereocenters. The maximum atomic E-state index is 13.1. The molecule has 0 bridgehead atoms. The molecule has 0 saturated carbocycles. The van der Waals surface area contributed by atoms with Crippen molar-refractivity contribution >= 4 is 63.1 Å². The van der Waals surface area contributed by atoms with E-state index in [0.717, 1.165) is 4.88 Å². The van der Waals surface area contributed by atoms with Crippen LogP contribution in [0.15, 0.2) is 71.0 Å². The highest BCUT2D eigenvalue weighted by Crippen LogP contribution is 2.31. The molecule has 1 aliphatic rings. The summed E-state index contributed by atoms with van der Waals surface area (Å²) in [7, 11) is 0. The topological polar surface area (TPSA) is 61.8 Å². The van der Waals surface area contributed by atoms with E-state index in [4.69, 9.17) is 11.6 Å². The first-order chi connectivity index (χ1) is 15.0. The van der Waals surface area contributed by atoms with Gasteiger partial charge >= 0.3 is 0 Å². The third kappa shape index (κ3) is 5.52. The maximum Gasteiger partial charge on any atom is 0.238 e. The molecule has 5 nitrogen and oxygen atoms in total. The standard InChI is InChI=1S/C22H17ClFN3O2S2/c23-14-3-7-17(8-4-14)26-22-27(13-18-2-1-11-30-18)20(28)12-19(31-22)21(29)25-16-9-5-15(24)6-10-16/h1-11,19H,12-13H2,(H,25,29). The lowest BCUT2D eigenvalue weighted by molar-refractivity contribution is -0.129. The van der Waals surface area contributed by atoms with Gasteiger partial charge in [0.15, 0.2) is 5.17 Å². The number of hydrogen-bond acceptors (Lipinski definition) is 5. The number of hydrogen-bond donors (Lipinski definition) is 1. The van der Waals surface area contributed by atoms with Crippen LogP contribution in [-0.2, 0) is 16.1 Å². The highest BCUT2D eigenvalue weighted by Gasteiger charge is 2.36. The van der Waals surface area contributed by atoms with E-state index < -0.39 is 5.25 Å². The summed E-state index contributed by atoms with van der Waals surface area (Å²) >= 11 is 8.75. The largest absolute Gasteiger partial charge is 0.325 e. The van der Waals surface area contributed by atoms with Crippen molar-refractivity contribution in [2.75, 3.05) is 5.32 Å². The number of thiophene rings is 1. The molecule has 1 unspecified atom stereocenters. The Morgan fingerprint density at radius 3 is 2.58 bits per heavy atom. The van der Waals surface area contributed by atoms with Gasteiger partial charge in [-0.3, -0.25) is 14.5 Å². The monoisotopic (exact) mass is 473 g/mol. The second kappa shape index (κ2) is 9.64. The van der Waals surface area contributed by atoms with Gasteiger partial charge in [0.05, 0.1) is 12.2 Å². The Bertz CT molecular complexity index is 1100. The van der Waals surface area contributed by atoms with Gasteiger partial charge in [0.1, 0.15) is 11.1 Å². The van der Waals surface area contributed by atoms with Gasteiger partial charge in [-0.25, -0.2) is 9.38 Å². The molecule has 0 radical (unpaired) electrons. The number of nitrogens with zero attached hydrogens (tertiary/aromatic N) is 2. The first kappa shape index (κ1) is 21.5. The SMILES string of the molecule is O=C(Nc1ccc(F)cc1)C1CC(=O)N(Cc2cccs2)C(=Nc2ccc(Cl)cc2)S1. The predicted molar refractivity (Wildman–Crippen MR) is 124 cm³/mol. The molecule has 9 heteroatoms. The van der Waals surface area contributed by atoms with Crippen LogP contribution in [0, 0.1) is 5.82 Å². The van der Waals surface area contributed by atoms with E-state index in [1.807, 2.05) is 17.5 Å². The zero-order valence-corrected chi connectivity index (χ0v) is 18.5. The zero-order valence-electron chi connectivity index (χ0n) is 16.1. The van der Waals surface area contributed by atoms with Crippen molar-refractivity contribution < 1.29 is 14.0 Å². The summed E-state index contributed by atoms with van der Waals surface area (Å²) in [5.74, 6) is -0.898. The number of aliphatic imine (C=N–C) groups is 1. The van der Waals surface area contributed by atoms with Crippen LogP contribution in [0.25, 0.3) is 0 Å². The number of rotatable bonds is 5. The minimum Gasteiger partial charge on any atom is -0.325 e. The molecular weight excluding hydrogens is 457 g/mol. The summed E-state index contributed by atoms with van der Waals surface area (Å²) in [5, 5.41) is 5.08. The Balaban J connectivity index is 1.58. The summed E-state index contributed by atoms with van der Waals surface area (Å²) in [5.41, 5.74) is 1.10. The number of amidine groups is 1. The molecule has 0 aliphatic carbocycles. The predicted octanol–water partition coefficient (Wildman–Crippen LogP) is 5.70. The third-order valence-corrected chi connectivity index (χ3v) is 6.79. The quantitative estimate of drug-likeness (QED) is 0.517. The fourth-order valence-electron chi connectivity index (χ4n) is 2.94. The first-order valence-electron chi connectivity index (χ1n) is 9.38. The second-order valence-corrected chi connectivity index (χ2v) is 9.38. The van der Waals surface area contributed by atoms with E-state index in [1.165, 1.54) is 36.0 Å². The molecule has 3 aromatic rings. The van der Waals surface area contributed by atoms with Gasteiger partial charge in [-0.15, -0.1) is 11.3 Å². The minimum atomic E-state index is -0.650. The molecule has 1 aliphatic heterocycles. The van der Waals surface area contributed by atoms with Crippen LogP contribution in [0.4, 0.5) is 15.8 Å². The van der Waals surface area contributed by atoms with Crippen molar-refractivity contribution in [1.29, 1.82) is 0 Å². The number of amides is 2. The van der Waals surface area contributed by atoms with Gasteiger partial charge in [0.25, 0.3) is 0 Å². The lowest BCUT2D eigenvalue weighted by Crippen LogP contribution is -2.44. The van der Waals surface area contributed by atoms with E-state index in [2.05, 4.69) is 10.3 Å². The number of anilines is 1. The van der Waals surface area contributed by atoms with Crippen LogP contribution in [0.2, 0.25) is 5.02 Å². The molecular formula is C22H17ClFN3O2S2. The number of halogens is 2. The molecule has 2 amide bonds. The number of thioether (sulfide) groups is 1. The molecule has 0 spiro atoms. The fraction of sp³-hybridized carbons (Fsp3) is 0.136. The van der Waals surface area contributed by atoms with Crippen LogP contribution in [0.1, 0.15) is 11.3 Å². The van der Waals surface area contributed by atoms with Gasteiger partial charge in [-0.1, -0.05) is 29.4 Å². The fourth-order valence-corrected chi connectivity index (χ4v) is 4.85. The number of nitrogens with one attached hydrogen (secondary N) is 1. The molecule has 31 heavy (non-hydrogen) atoms. The maximum absolute atomic E-state index is 13.1. The second-order valence-electron chi connectivity index (χ2n) is 6.74. The molecule has 1 fully saturated rings. The van der Waals surface area contributed by atoms with Gasteiger partial charge in [-0.05, 0) is 60.0 Å². The Morgan fingerprint density at radius 2 is 1.90 bits per heavy atom. The first-order valence-corrected chi connectivity index (χ1v) is 11.5. The van der Waals surface area contributed by atoms with Crippen LogP contribution >= 0.6 is 34.7 Å². The Labute approximate surface area is 191 Å². The van der Waals surface area contributed by atoms with Crippen LogP contribution in [0.3, 0.4) is 0 Å². The summed E-state index contributed by atoms with van der Waals surface area (Å²) in [6, 6.07) is 16.3. The van der Waals surface area contributed by atoms with Gasteiger partial charge in [0.2, 0.25) is 11.8 Å². The molecule has 1 saturated heterocycles. The number of benzene rings is 2. The van der Waals surface area contributed by atoms with Crippen molar-refractivity contribution in [3.8, 4) is 0 Å². The van der Waals surface area contributed by atoms with E-state index in [0.29, 0.717) is 28.1 Å². The Morgan fingerprint density at radius 1 is 1.16 bits per heavy atom. The Hall–Kier alpha value is -2.68. The molecule has 1 N–H and O–H groups in total. The zero-order chi connectivity index (χ0) is 21.8. The van der Waals surface area contributed by atoms with E-state index in [1.54, 1.807) is 40.5 Å². The van der Waals surface area contributed by atoms with Crippen LogP contribution in [-0.4, -0.2) is 27.1 Å². The Kier molecular flexibility index (Phi) is 6.70. The normalized spacial score (nSPS) is 17.7. The minimum absolute atomic E-state index is 0.0444. The molecule has 4 rings (SSSR count). The van der Waals surface area contributed by atoms with Gasteiger partial charge < -0.3 is 5.32 Å². The average Bonchev–Trinajstić information content (AvgIpc) is 3.27. The lowest BCUT2D eigenvalue weighted by atomic mass is 10.2. The number of carbonyl (C=O) groups excluding carboxylic acids is 2.